The number of rotatable bonds is 7. The van der Waals surface area contributed by atoms with Gasteiger partial charge in [0.15, 0.2) is 5.60 Å². The molecule has 4 aromatic rings. The van der Waals surface area contributed by atoms with Crippen LogP contribution in [0, 0.1) is 0 Å². The second-order valence-electron chi connectivity index (χ2n) is 7.23. The third-order valence-corrected chi connectivity index (χ3v) is 5.53. The second-order valence-corrected chi connectivity index (χ2v) is 7.23. The molecule has 29 heavy (non-hydrogen) atoms. The average Bonchev–Trinajstić information content (AvgIpc) is 2.82. The Hall–Kier alpha value is -3.20. The zero-order valence-electron chi connectivity index (χ0n) is 16.2. The van der Waals surface area contributed by atoms with E-state index < -0.39 is 5.60 Å². The lowest BCUT2D eigenvalue weighted by molar-refractivity contribution is -0.318. The van der Waals surface area contributed by atoms with E-state index in [1.54, 1.807) is 0 Å². The SMILES string of the molecule is OOC(CC(c1ccccc1)c1ccccc1)(c1ccccc1)c1ccccc1. The summed E-state index contributed by atoms with van der Waals surface area (Å²) in [6.45, 7) is 0. The van der Waals surface area contributed by atoms with Gasteiger partial charge in [0.05, 0.1) is 0 Å². The summed E-state index contributed by atoms with van der Waals surface area (Å²) in [6, 6.07) is 40.7. The maximum Gasteiger partial charge on any atom is 0.154 e. The van der Waals surface area contributed by atoms with Gasteiger partial charge in [0.2, 0.25) is 0 Å². The molecule has 4 aromatic carbocycles. The van der Waals surface area contributed by atoms with E-state index in [4.69, 9.17) is 4.89 Å². The normalized spacial score (nSPS) is 11.5. The molecule has 0 aliphatic heterocycles. The van der Waals surface area contributed by atoms with Gasteiger partial charge in [0.1, 0.15) is 0 Å². The van der Waals surface area contributed by atoms with Gasteiger partial charge in [-0.15, -0.1) is 0 Å². The Labute approximate surface area is 172 Å². The molecule has 0 aliphatic rings. The minimum atomic E-state index is -0.987. The van der Waals surface area contributed by atoms with Crippen LogP contribution in [0.4, 0.5) is 0 Å². The highest BCUT2D eigenvalue weighted by molar-refractivity contribution is 5.40. The van der Waals surface area contributed by atoms with Crippen molar-refractivity contribution in [2.75, 3.05) is 0 Å². The van der Waals surface area contributed by atoms with Crippen molar-refractivity contribution >= 4 is 0 Å². The fourth-order valence-corrected chi connectivity index (χ4v) is 4.05. The van der Waals surface area contributed by atoms with Crippen molar-refractivity contribution < 1.29 is 10.1 Å². The van der Waals surface area contributed by atoms with Crippen molar-refractivity contribution in [2.45, 2.75) is 17.9 Å². The fraction of sp³-hybridized carbons (Fsp3) is 0.111. The van der Waals surface area contributed by atoms with Crippen LogP contribution < -0.4 is 0 Å². The Kier molecular flexibility index (Phi) is 5.85. The van der Waals surface area contributed by atoms with E-state index in [1.807, 2.05) is 72.8 Å². The van der Waals surface area contributed by atoms with Gasteiger partial charge >= 0.3 is 0 Å². The van der Waals surface area contributed by atoms with E-state index in [2.05, 4.69) is 48.5 Å². The quantitative estimate of drug-likeness (QED) is 0.287. The molecule has 0 aliphatic carbocycles. The summed E-state index contributed by atoms with van der Waals surface area (Å²) in [5, 5.41) is 10.3. The molecule has 4 rings (SSSR count). The maximum atomic E-state index is 10.3. The number of benzene rings is 4. The van der Waals surface area contributed by atoms with E-state index in [1.165, 1.54) is 11.1 Å². The molecule has 0 radical (unpaired) electrons. The van der Waals surface area contributed by atoms with E-state index in [0.717, 1.165) is 11.1 Å². The predicted octanol–water partition coefficient (Wildman–Crippen LogP) is 6.64. The highest BCUT2D eigenvalue weighted by Gasteiger charge is 2.39. The van der Waals surface area contributed by atoms with Crippen LogP contribution in [-0.4, -0.2) is 5.26 Å². The summed E-state index contributed by atoms with van der Waals surface area (Å²) < 4.78 is 0. The molecule has 2 nitrogen and oxygen atoms in total. The predicted molar refractivity (Wildman–Crippen MR) is 117 cm³/mol. The first kappa shape index (κ1) is 19.1. The minimum absolute atomic E-state index is 0.0463. The first-order chi connectivity index (χ1) is 14.3. The molecule has 0 saturated carbocycles. The Balaban J connectivity index is 1.88. The zero-order valence-corrected chi connectivity index (χ0v) is 16.2. The molecule has 0 spiro atoms. The molecule has 144 valence electrons. The van der Waals surface area contributed by atoms with Crippen LogP contribution in [0.2, 0.25) is 0 Å². The van der Waals surface area contributed by atoms with Crippen LogP contribution in [-0.2, 0) is 10.5 Å². The van der Waals surface area contributed by atoms with Gasteiger partial charge in [-0.3, -0.25) is 5.26 Å². The van der Waals surface area contributed by atoms with Gasteiger partial charge < -0.3 is 0 Å². The third-order valence-electron chi connectivity index (χ3n) is 5.53. The molecular formula is C27H24O2. The van der Waals surface area contributed by atoms with Crippen molar-refractivity contribution in [2.24, 2.45) is 0 Å². The van der Waals surface area contributed by atoms with Gasteiger partial charge in [-0.1, -0.05) is 121 Å². The standard InChI is InChI=1S/C27H24O2/c28-29-27(24-17-9-3-10-18-24,25-19-11-4-12-20-25)21-26(22-13-5-1-6-14-22)23-15-7-2-8-16-23/h1-20,26,28H,21H2. The van der Waals surface area contributed by atoms with Gasteiger partial charge in [-0.2, -0.15) is 0 Å². The lowest BCUT2D eigenvalue weighted by Crippen LogP contribution is -2.32. The summed E-state index contributed by atoms with van der Waals surface area (Å²) >= 11 is 0. The van der Waals surface area contributed by atoms with Gasteiger partial charge in [0.25, 0.3) is 0 Å². The Morgan fingerprint density at radius 2 is 0.897 bits per heavy atom. The molecule has 0 fully saturated rings. The molecule has 0 bridgehead atoms. The summed E-state index contributed by atoms with van der Waals surface area (Å²) in [5.41, 5.74) is 3.23. The molecule has 0 atom stereocenters. The maximum absolute atomic E-state index is 10.3. The van der Waals surface area contributed by atoms with Crippen molar-refractivity contribution in [3.63, 3.8) is 0 Å². The Bertz CT molecular complexity index is 920. The number of hydrogen-bond donors (Lipinski definition) is 1. The van der Waals surface area contributed by atoms with E-state index in [0.29, 0.717) is 6.42 Å². The summed E-state index contributed by atoms with van der Waals surface area (Å²) in [5.74, 6) is 0.0463. The molecule has 0 aromatic heterocycles. The molecule has 2 heteroatoms. The minimum Gasteiger partial charge on any atom is -0.251 e. The first-order valence-corrected chi connectivity index (χ1v) is 9.87. The van der Waals surface area contributed by atoms with E-state index >= 15 is 0 Å². The smallest absolute Gasteiger partial charge is 0.154 e. The van der Waals surface area contributed by atoms with Gasteiger partial charge in [-0.05, 0) is 28.7 Å². The van der Waals surface area contributed by atoms with Crippen LogP contribution in [0.3, 0.4) is 0 Å². The van der Waals surface area contributed by atoms with Crippen molar-refractivity contribution in [3.8, 4) is 0 Å². The zero-order chi connectivity index (χ0) is 19.9. The van der Waals surface area contributed by atoms with Crippen LogP contribution >= 0.6 is 0 Å². The van der Waals surface area contributed by atoms with Crippen LogP contribution in [0.1, 0.15) is 34.6 Å². The summed E-state index contributed by atoms with van der Waals surface area (Å²) in [7, 11) is 0. The van der Waals surface area contributed by atoms with Crippen LogP contribution in [0.5, 0.6) is 0 Å². The van der Waals surface area contributed by atoms with Crippen LogP contribution in [0.15, 0.2) is 121 Å². The molecular weight excluding hydrogens is 356 g/mol. The van der Waals surface area contributed by atoms with Crippen molar-refractivity contribution in [1.82, 2.24) is 0 Å². The molecule has 0 saturated heterocycles. The lowest BCUT2D eigenvalue weighted by atomic mass is 9.75. The largest absolute Gasteiger partial charge is 0.251 e. The van der Waals surface area contributed by atoms with Crippen LogP contribution in [0.25, 0.3) is 0 Å². The Morgan fingerprint density at radius 1 is 0.552 bits per heavy atom. The second kappa shape index (κ2) is 8.87. The highest BCUT2D eigenvalue weighted by atomic mass is 17.1. The molecule has 0 amide bonds. The first-order valence-electron chi connectivity index (χ1n) is 9.87. The average molecular weight is 380 g/mol. The third kappa shape index (κ3) is 4.00. The fourth-order valence-electron chi connectivity index (χ4n) is 4.05. The summed E-state index contributed by atoms with van der Waals surface area (Å²) in [4.78, 5) is 5.38. The van der Waals surface area contributed by atoms with Gasteiger partial charge in [0, 0.05) is 5.92 Å². The van der Waals surface area contributed by atoms with Crippen molar-refractivity contribution in [1.29, 1.82) is 0 Å². The monoisotopic (exact) mass is 380 g/mol. The number of hydrogen-bond acceptors (Lipinski definition) is 2. The van der Waals surface area contributed by atoms with E-state index in [9.17, 15) is 5.26 Å². The summed E-state index contributed by atoms with van der Waals surface area (Å²) in [6.07, 6.45) is 0.561. The van der Waals surface area contributed by atoms with Crippen molar-refractivity contribution in [3.05, 3.63) is 144 Å². The molecule has 0 unspecified atom stereocenters. The molecule has 1 N–H and O–H groups in total. The van der Waals surface area contributed by atoms with Gasteiger partial charge in [-0.25, -0.2) is 4.89 Å². The van der Waals surface area contributed by atoms with E-state index in [-0.39, 0.29) is 5.92 Å². The molecule has 0 heterocycles. The lowest BCUT2D eigenvalue weighted by Gasteiger charge is -2.35. The Morgan fingerprint density at radius 3 is 1.24 bits per heavy atom. The topological polar surface area (TPSA) is 29.5 Å². The highest BCUT2D eigenvalue weighted by Crippen LogP contribution is 2.43.